The Morgan fingerprint density at radius 1 is 1.23 bits per heavy atom. The fourth-order valence-electron chi connectivity index (χ4n) is 4.04. The number of aliphatic imine (C=N–C) groups is 1. The quantitative estimate of drug-likeness (QED) is 0.618. The number of hydrogen-bond acceptors (Lipinski definition) is 4. The normalized spacial score (nSPS) is 14.2. The molecule has 0 atom stereocenters. The minimum Gasteiger partial charge on any atom is -0.485 e. The van der Waals surface area contributed by atoms with E-state index in [0.717, 1.165) is 35.4 Å². The van der Waals surface area contributed by atoms with Crippen molar-refractivity contribution in [1.82, 2.24) is 14.9 Å². The molecule has 3 heterocycles. The summed E-state index contributed by atoms with van der Waals surface area (Å²) in [5.41, 5.74) is 3.68. The first-order valence-corrected chi connectivity index (χ1v) is 8.88. The first kappa shape index (κ1) is 15.2. The van der Waals surface area contributed by atoms with Crippen molar-refractivity contribution in [2.75, 3.05) is 19.7 Å². The molecule has 0 unspecified atom stereocenters. The molecule has 0 aliphatic carbocycles. The van der Waals surface area contributed by atoms with Gasteiger partial charge in [-0.05, 0) is 42.1 Å². The molecule has 0 bridgehead atoms. The second kappa shape index (κ2) is 5.73. The van der Waals surface area contributed by atoms with Crippen molar-refractivity contribution in [3.63, 3.8) is 0 Å². The molecule has 0 saturated carbocycles. The van der Waals surface area contributed by atoms with Gasteiger partial charge < -0.3 is 14.6 Å². The minimum absolute atomic E-state index is 0.476. The number of nitrogens with one attached hydrogen (secondary N) is 1. The van der Waals surface area contributed by atoms with Crippen molar-refractivity contribution in [3.05, 3.63) is 48.3 Å². The molecule has 0 spiro atoms. The second-order valence-corrected chi connectivity index (χ2v) is 6.75. The van der Waals surface area contributed by atoms with Crippen molar-refractivity contribution in [3.8, 4) is 5.75 Å². The molecule has 5 heteroatoms. The Kier molecular flexibility index (Phi) is 3.35. The van der Waals surface area contributed by atoms with Crippen LogP contribution in [0.3, 0.4) is 0 Å². The van der Waals surface area contributed by atoms with Gasteiger partial charge in [0.05, 0.1) is 17.6 Å². The third kappa shape index (κ3) is 2.17. The van der Waals surface area contributed by atoms with E-state index >= 15 is 0 Å². The van der Waals surface area contributed by atoms with Gasteiger partial charge in [-0.3, -0.25) is 9.98 Å². The predicted octanol–water partition coefficient (Wildman–Crippen LogP) is 3.57. The lowest BCUT2D eigenvalue weighted by molar-refractivity contribution is 0.378. The lowest BCUT2D eigenvalue weighted by Gasteiger charge is -2.08. The monoisotopic (exact) mass is 344 g/mol. The van der Waals surface area contributed by atoms with Crippen LogP contribution in [0.2, 0.25) is 0 Å². The number of amidine groups is 1. The van der Waals surface area contributed by atoms with E-state index in [2.05, 4.69) is 58.1 Å². The molecule has 4 aromatic rings. The largest absolute Gasteiger partial charge is 0.485 e. The predicted molar refractivity (Wildman–Crippen MR) is 106 cm³/mol. The van der Waals surface area contributed by atoms with Gasteiger partial charge in [0.1, 0.15) is 18.2 Å². The number of pyridine rings is 1. The highest BCUT2D eigenvalue weighted by Crippen LogP contribution is 2.39. The molecule has 5 nitrogen and oxygen atoms in total. The van der Waals surface area contributed by atoms with Crippen LogP contribution in [0, 0.1) is 6.92 Å². The van der Waals surface area contributed by atoms with Gasteiger partial charge in [-0.2, -0.15) is 0 Å². The summed E-state index contributed by atoms with van der Waals surface area (Å²) in [7, 11) is 2.12. The molecule has 0 saturated heterocycles. The van der Waals surface area contributed by atoms with Crippen molar-refractivity contribution >= 4 is 38.4 Å². The highest BCUT2D eigenvalue weighted by molar-refractivity contribution is 6.16. The van der Waals surface area contributed by atoms with Crippen LogP contribution in [-0.2, 0) is 7.05 Å². The van der Waals surface area contributed by atoms with Crippen molar-refractivity contribution < 1.29 is 4.74 Å². The number of ether oxygens (including phenoxy) is 1. The molecule has 130 valence electrons. The van der Waals surface area contributed by atoms with Crippen molar-refractivity contribution in [1.29, 1.82) is 0 Å². The lowest BCUT2D eigenvalue weighted by atomic mass is 10.0. The molecule has 2 aromatic heterocycles. The summed E-state index contributed by atoms with van der Waals surface area (Å²) in [6.45, 7) is 4.38. The number of benzene rings is 2. The summed E-state index contributed by atoms with van der Waals surface area (Å²) in [5.74, 6) is 1.82. The van der Waals surface area contributed by atoms with Gasteiger partial charge in [0, 0.05) is 42.1 Å². The Balaban J connectivity index is 1.76. The summed E-state index contributed by atoms with van der Waals surface area (Å²) >= 11 is 0. The Bertz CT molecular complexity index is 1190. The molecular weight excluding hydrogens is 324 g/mol. The molecular formula is C21H20N4O. The van der Waals surface area contributed by atoms with Gasteiger partial charge in [0.2, 0.25) is 0 Å². The van der Waals surface area contributed by atoms with Gasteiger partial charge in [-0.1, -0.05) is 6.07 Å². The molecule has 26 heavy (non-hydrogen) atoms. The fraction of sp³-hybridized carbons (Fsp3) is 0.238. The molecule has 5 rings (SSSR count). The minimum atomic E-state index is 0.476. The number of rotatable bonds is 3. The van der Waals surface area contributed by atoms with Crippen LogP contribution in [0.25, 0.3) is 32.6 Å². The summed E-state index contributed by atoms with van der Waals surface area (Å²) in [6.07, 6.45) is 3.79. The van der Waals surface area contributed by atoms with Crippen LogP contribution < -0.4 is 10.1 Å². The number of aromatic nitrogens is 2. The topological polar surface area (TPSA) is 51.4 Å². The van der Waals surface area contributed by atoms with Gasteiger partial charge >= 0.3 is 0 Å². The van der Waals surface area contributed by atoms with Crippen LogP contribution in [0.15, 0.2) is 47.7 Å². The highest BCUT2D eigenvalue weighted by atomic mass is 16.5. The van der Waals surface area contributed by atoms with E-state index in [1.807, 2.05) is 18.5 Å². The van der Waals surface area contributed by atoms with Crippen molar-refractivity contribution in [2.45, 2.75) is 6.92 Å². The second-order valence-electron chi connectivity index (χ2n) is 6.75. The smallest absolute Gasteiger partial charge is 0.145 e. The molecule has 0 radical (unpaired) electrons. The molecule has 1 N–H and O–H groups in total. The maximum Gasteiger partial charge on any atom is 0.145 e. The van der Waals surface area contributed by atoms with Crippen LogP contribution in [0.4, 0.5) is 0 Å². The van der Waals surface area contributed by atoms with E-state index in [-0.39, 0.29) is 0 Å². The highest BCUT2D eigenvalue weighted by Gasteiger charge is 2.17. The first-order chi connectivity index (χ1) is 12.7. The molecule has 2 aromatic carbocycles. The van der Waals surface area contributed by atoms with Gasteiger partial charge in [0.15, 0.2) is 0 Å². The Hall–Kier alpha value is -3.08. The van der Waals surface area contributed by atoms with Crippen LogP contribution >= 0.6 is 0 Å². The summed E-state index contributed by atoms with van der Waals surface area (Å²) in [4.78, 5) is 8.72. The first-order valence-electron chi connectivity index (χ1n) is 8.88. The number of fused-ring (bicyclic) bond motifs is 4. The SMILES string of the molecule is Cc1c2ccncc2cc2c3c(OCC4=NCCN4)cccc3n(C)c12. The van der Waals surface area contributed by atoms with E-state index in [4.69, 9.17) is 4.74 Å². The maximum atomic E-state index is 6.15. The average molecular weight is 344 g/mol. The lowest BCUT2D eigenvalue weighted by Crippen LogP contribution is -2.24. The zero-order valence-corrected chi connectivity index (χ0v) is 14.9. The maximum absolute atomic E-state index is 6.15. The molecule has 1 aliphatic rings. The Labute approximate surface area is 151 Å². The third-order valence-corrected chi connectivity index (χ3v) is 5.24. The molecule has 0 amide bonds. The number of nitrogens with zero attached hydrogens (tertiary/aromatic N) is 3. The zero-order valence-electron chi connectivity index (χ0n) is 14.9. The fourth-order valence-corrected chi connectivity index (χ4v) is 4.04. The van der Waals surface area contributed by atoms with Gasteiger partial charge in [-0.25, -0.2) is 0 Å². The standard InChI is InChI=1S/C21H20N4O/c1-13-15-6-7-22-11-14(15)10-16-20-17(25(2)21(13)16)4-3-5-18(20)26-12-19-23-8-9-24-19/h3-7,10-11H,8-9,12H2,1-2H3,(H,23,24). The zero-order chi connectivity index (χ0) is 17.7. The molecule has 1 aliphatic heterocycles. The van der Waals surface area contributed by atoms with Gasteiger partial charge in [-0.15, -0.1) is 0 Å². The van der Waals surface area contributed by atoms with Crippen LogP contribution in [-0.4, -0.2) is 35.1 Å². The van der Waals surface area contributed by atoms with E-state index in [1.54, 1.807) is 0 Å². The molecule has 0 fully saturated rings. The van der Waals surface area contributed by atoms with Gasteiger partial charge in [0.25, 0.3) is 0 Å². The van der Waals surface area contributed by atoms with E-state index in [9.17, 15) is 0 Å². The van der Waals surface area contributed by atoms with Crippen LogP contribution in [0.5, 0.6) is 5.75 Å². The Morgan fingerprint density at radius 2 is 2.15 bits per heavy atom. The number of aryl methyl sites for hydroxylation is 2. The summed E-state index contributed by atoms with van der Waals surface area (Å²) in [6, 6.07) is 10.6. The van der Waals surface area contributed by atoms with E-state index < -0.39 is 0 Å². The Morgan fingerprint density at radius 3 is 3.00 bits per heavy atom. The third-order valence-electron chi connectivity index (χ3n) is 5.24. The van der Waals surface area contributed by atoms with Crippen molar-refractivity contribution in [2.24, 2.45) is 12.0 Å². The van der Waals surface area contributed by atoms with Crippen LogP contribution in [0.1, 0.15) is 5.56 Å². The summed E-state index contributed by atoms with van der Waals surface area (Å²) < 4.78 is 8.42. The number of hydrogen-bond donors (Lipinski definition) is 1. The summed E-state index contributed by atoms with van der Waals surface area (Å²) in [5, 5.41) is 8.01. The average Bonchev–Trinajstić information content (AvgIpc) is 3.28. The van der Waals surface area contributed by atoms with E-state index in [1.165, 1.54) is 27.4 Å². The van der Waals surface area contributed by atoms with E-state index in [0.29, 0.717) is 6.61 Å².